The van der Waals surface area contributed by atoms with Crippen molar-refractivity contribution >= 4 is 0 Å². The van der Waals surface area contributed by atoms with Crippen LogP contribution in [-0.2, 0) is 4.74 Å². The van der Waals surface area contributed by atoms with Gasteiger partial charge in [-0.1, -0.05) is 20.8 Å². The molecular formula is C14H29NO. The first-order valence-electron chi connectivity index (χ1n) is 6.83. The fourth-order valence-electron chi connectivity index (χ4n) is 2.22. The van der Waals surface area contributed by atoms with Crippen LogP contribution in [0.5, 0.6) is 0 Å². The van der Waals surface area contributed by atoms with Gasteiger partial charge in [-0.05, 0) is 52.5 Å². The maximum atomic E-state index is 6.35. The average molecular weight is 227 g/mol. The van der Waals surface area contributed by atoms with Gasteiger partial charge >= 0.3 is 0 Å². The molecule has 2 nitrogen and oxygen atoms in total. The Balaban J connectivity index is 2.38. The average Bonchev–Trinajstić information content (AvgIpc) is 2.13. The van der Waals surface area contributed by atoms with Crippen LogP contribution in [0.2, 0.25) is 0 Å². The van der Waals surface area contributed by atoms with Gasteiger partial charge in [0.2, 0.25) is 0 Å². The first kappa shape index (κ1) is 14.0. The molecule has 0 saturated heterocycles. The molecule has 0 aromatic carbocycles. The lowest BCUT2D eigenvalue weighted by molar-refractivity contribution is -0.182. The van der Waals surface area contributed by atoms with Crippen LogP contribution in [0.1, 0.15) is 66.7 Å². The molecule has 0 aliphatic heterocycles. The standard InChI is InChI=1S/C14H29NO/c1-6-13(4,5)16-14(8-7-9-14)10-11-15-12(2)3/h12,15H,6-11H2,1-5H3. The first-order chi connectivity index (χ1) is 7.39. The summed E-state index contributed by atoms with van der Waals surface area (Å²) in [7, 11) is 0. The van der Waals surface area contributed by atoms with Crippen molar-refractivity contribution in [3.8, 4) is 0 Å². The normalized spacial score (nSPS) is 19.9. The maximum absolute atomic E-state index is 6.35. The second-order valence-electron chi connectivity index (χ2n) is 6.11. The predicted octanol–water partition coefficient (Wildman–Crippen LogP) is 3.50. The summed E-state index contributed by atoms with van der Waals surface area (Å²) < 4.78 is 6.35. The van der Waals surface area contributed by atoms with Crippen LogP contribution in [0, 0.1) is 0 Å². The Kier molecular flexibility index (Phi) is 4.81. The summed E-state index contributed by atoms with van der Waals surface area (Å²) in [5, 5.41) is 3.49. The number of rotatable bonds is 7. The van der Waals surface area contributed by atoms with Crippen molar-refractivity contribution in [2.24, 2.45) is 0 Å². The van der Waals surface area contributed by atoms with Crippen molar-refractivity contribution in [2.75, 3.05) is 6.54 Å². The lowest BCUT2D eigenvalue weighted by Crippen LogP contribution is -2.48. The molecule has 0 heterocycles. The van der Waals surface area contributed by atoms with Gasteiger partial charge in [-0.3, -0.25) is 0 Å². The molecule has 16 heavy (non-hydrogen) atoms. The van der Waals surface area contributed by atoms with E-state index >= 15 is 0 Å². The van der Waals surface area contributed by atoms with E-state index in [-0.39, 0.29) is 11.2 Å². The Hall–Kier alpha value is -0.0800. The minimum atomic E-state index is 0.0399. The summed E-state index contributed by atoms with van der Waals surface area (Å²) in [5.74, 6) is 0. The highest BCUT2D eigenvalue weighted by molar-refractivity contribution is 4.92. The molecule has 96 valence electrons. The van der Waals surface area contributed by atoms with Crippen LogP contribution in [0.15, 0.2) is 0 Å². The largest absolute Gasteiger partial charge is 0.369 e. The highest BCUT2D eigenvalue weighted by Crippen LogP contribution is 2.41. The molecule has 1 N–H and O–H groups in total. The molecule has 0 amide bonds. The van der Waals surface area contributed by atoms with E-state index in [4.69, 9.17) is 4.74 Å². The molecule has 1 fully saturated rings. The summed E-state index contributed by atoms with van der Waals surface area (Å²) in [6, 6.07) is 0.580. The third-order valence-corrected chi connectivity index (χ3v) is 3.74. The molecule has 0 radical (unpaired) electrons. The van der Waals surface area contributed by atoms with E-state index in [1.165, 1.54) is 19.3 Å². The van der Waals surface area contributed by atoms with E-state index in [0.29, 0.717) is 6.04 Å². The summed E-state index contributed by atoms with van der Waals surface area (Å²) in [4.78, 5) is 0. The Labute approximate surface area is 101 Å². The van der Waals surface area contributed by atoms with Gasteiger partial charge in [-0.15, -0.1) is 0 Å². The second kappa shape index (κ2) is 5.50. The van der Waals surface area contributed by atoms with E-state index in [2.05, 4.69) is 39.9 Å². The van der Waals surface area contributed by atoms with E-state index in [9.17, 15) is 0 Å². The summed E-state index contributed by atoms with van der Waals surface area (Å²) >= 11 is 0. The molecule has 0 aromatic heterocycles. The topological polar surface area (TPSA) is 21.3 Å². The Bertz CT molecular complexity index is 207. The summed E-state index contributed by atoms with van der Waals surface area (Å²) in [6.07, 6.45) is 6.08. The number of hydrogen-bond donors (Lipinski definition) is 1. The van der Waals surface area contributed by atoms with E-state index in [0.717, 1.165) is 19.4 Å². The van der Waals surface area contributed by atoms with Gasteiger partial charge in [0.05, 0.1) is 11.2 Å². The Morgan fingerprint density at radius 1 is 1.31 bits per heavy atom. The van der Waals surface area contributed by atoms with Crippen molar-refractivity contribution in [2.45, 2.75) is 84.0 Å². The molecule has 0 bridgehead atoms. The van der Waals surface area contributed by atoms with E-state index < -0.39 is 0 Å². The van der Waals surface area contributed by atoms with Crippen LogP contribution in [0.3, 0.4) is 0 Å². The fourth-order valence-corrected chi connectivity index (χ4v) is 2.22. The van der Waals surface area contributed by atoms with Crippen LogP contribution < -0.4 is 5.32 Å². The fraction of sp³-hybridized carbons (Fsp3) is 1.00. The molecule has 1 saturated carbocycles. The van der Waals surface area contributed by atoms with Crippen LogP contribution in [0.4, 0.5) is 0 Å². The molecular weight excluding hydrogens is 198 g/mol. The number of nitrogens with one attached hydrogen (secondary N) is 1. The van der Waals surface area contributed by atoms with Gasteiger partial charge < -0.3 is 10.1 Å². The first-order valence-corrected chi connectivity index (χ1v) is 6.83. The van der Waals surface area contributed by atoms with Gasteiger partial charge in [-0.2, -0.15) is 0 Å². The second-order valence-corrected chi connectivity index (χ2v) is 6.11. The zero-order valence-electron chi connectivity index (χ0n) is 11.7. The van der Waals surface area contributed by atoms with Crippen LogP contribution in [-0.4, -0.2) is 23.8 Å². The highest BCUT2D eigenvalue weighted by atomic mass is 16.5. The third kappa shape index (κ3) is 4.06. The molecule has 0 aromatic rings. The molecule has 0 atom stereocenters. The number of ether oxygens (including phenoxy) is 1. The SMILES string of the molecule is CCC(C)(C)OC1(CCNC(C)C)CCC1. The van der Waals surface area contributed by atoms with Gasteiger partial charge in [0.1, 0.15) is 0 Å². The van der Waals surface area contributed by atoms with Gasteiger partial charge in [0.25, 0.3) is 0 Å². The van der Waals surface area contributed by atoms with Crippen molar-refractivity contribution in [3.63, 3.8) is 0 Å². The lowest BCUT2D eigenvalue weighted by atomic mass is 9.76. The lowest BCUT2D eigenvalue weighted by Gasteiger charge is -2.47. The van der Waals surface area contributed by atoms with Crippen LogP contribution in [0.25, 0.3) is 0 Å². The van der Waals surface area contributed by atoms with Crippen LogP contribution >= 0.6 is 0 Å². The minimum Gasteiger partial charge on any atom is -0.369 e. The van der Waals surface area contributed by atoms with Crippen molar-refractivity contribution < 1.29 is 4.74 Å². The molecule has 0 unspecified atom stereocenters. The monoisotopic (exact) mass is 227 g/mol. The van der Waals surface area contributed by atoms with Crippen molar-refractivity contribution in [1.82, 2.24) is 5.32 Å². The molecule has 1 aliphatic carbocycles. The Morgan fingerprint density at radius 2 is 1.94 bits per heavy atom. The maximum Gasteiger partial charge on any atom is 0.0702 e. The predicted molar refractivity (Wildman–Crippen MR) is 69.8 cm³/mol. The zero-order valence-corrected chi connectivity index (χ0v) is 11.7. The third-order valence-electron chi connectivity index (χ3n) is 3.74. The van der Waals surface area contributed by atoms with E-state index in [1.807, 2.05) is 0 Å². The smallest absolute Gasteiger partial charge is 0.0702 e. The molecule has 1 aliphatic rings. The summed E-state index contributed by atoms with van der Waals surface area (Å²) in [6.45, 7) is 12.1. The number of hydrogen-bond acceptors (Lipinski definition) is 2. The van der Waals surface area contributed by atoms with Crippen molar-refractivity contribution in [1.29, 1.82) is 0 Å². The Morgan fingerprint density at radius 3 is 2.31 bits per heavy atom. The van der Waals surface area contributed by atoms with Gasteiger partial charge in [0.15, 0.2) is 0 Å². The molecule has 2 heteroatoms. The van der Waals surface area contributed by atoms with Crippen molar-refractivity contribution in [3.05, 3.63) is 0 Å². The minimum absolute atomic E-state index is 0.0399. The summed E-state index contributed by atoms with van der Waals surface area (Å²) in [5.41, 5.74) is 0.222. The highest BCUT2D eigenvalue weighted by Gasteiger charge is 2.41. The van der Waals surface area contributed by atoms with E-state index in [1.54, 1.807) is 0 Å². The van der Waals surface area contributed by atoms with Gasteiger partial charge in [-0.25, -0.2) is 0 Å². The quantitative estimate of drug-likeness (QED) is 0.718. The molecule has 0 spiro atoms. The molecule has 1 rings (SSSR count). The van der Waals surface area contributed by atoms with Gasteiger partial charge in [0, 0.05) is 6.04 Å². The zero-order chi connectivity index (χ0) is 12.2.